The maximum atomic E-state index is 11.9. The van der Waals surface area contributed by atoms with E-state index < -0.39 is 5.60 Å². The van der Waals surface area contributed by atoms with Gasteiger partial charge in [0, 0.05) is 19.0 Å². The minimum absolute atomic E-state index is 0.0804. The van der Waals surface area contributed by atoms with Crippen molar-refractivity contribution in [3.63, 3.8) is 0 Å². The van der Waals surface area contributed by atoms with Crippen LogP contribution in [0.5, 0.6) is 0 Å². The molecule has 18 heavy (non-hydrogen) atoms. The fraction of sp³-hybridized carbons (Fsp3) is 0.846. The summed E-state index contributed by atoms with van der Waals surface area (Å²) >= 11 is 3.20. The summed E-state index contributed by atoms with van der Waals surface area (Å²) in [6, 6.07) is 0. The van der Waals surface area contributed by atoms with Gasteiger partial charge in [-0.3, -0.25) is 4.79 Å². The highest BCUT2D eigenvalue weighted by molar-refractivity contribution is 9.09. The summed E-state index contributed by atoms with van der Waals surface area (Å²) in [5, 5.41) is 0.407. The molecule has 1 atom stereocenters. The number of Topliss-reactive ketones (excluding diaryl/α,β-unsaturated/α-hetero) is 1. The van der Waals surface area contributed by atoms with Gasteiger partial charge in [-0.1, -0.05) is 15.9 Å². The second-order valence-corrected chi connectivity index (χ2v) is 6.26. The molecule has 1 amide bonds. The molecule has 5 heteroatoms. The molecule has 0 bridgehead atoms. The Morgan fingerprint density at radius 1 is 1.28 bits per heavy atom. The van der Waals surface area contributed by atoms with Crippen LogP contribution in [-0.2, 0) is 9.53 Å². The molecular weight excluding hydrogens is 298 g/mol. The lowest BCUT2D eigenvalue weighted by Crippen LogP contribution is -2.37. The van der Waals surface area contributed by atoms with E-state index in [1.54, 1.807) is 4.90 Å². The molecule has 1 saturated heterocycles. The number of likely N-dealkylation sites (tertiary alicyclic amines) is 1. The molecule has 0 N–H and O–H groups in total. The molecule has 104 valence electrons. The first-order chi connectivity index (χ1) is 8.33. The molecule has 0 saturated carbocycles. The lowest BCUT2D eigenvalue weighted by atomic mass is 9.97. The van der Waals surface area contributed by atoms with Crippen LogP contribution in [0, 0.1) is 5.92 Å². The van der Waals surface area contributed by atoms with Crippen LogP contribution in [0.3, 0.4) is 0 Å². The molecule has 0 aliphatic carbocycles. The van der Waals surface area contributed by atoms with E-state index in [1.165, 1.54) is 0 Å². The van der Waals surface area contributed by atoms with Crippen LogP contribution in [0.15, 0.2) is 0 Å². The van der Waals surface area contributed by atoms with Crippen molar-refractivity contribution in [2.75, 3.05) is 18.4 Å². The summed E-state index contributed by atoms with van der Waals surface area (Å²) in [5.74, 6) is 0.317. The van der Waals surface area contributed by atoms with E-state index in [-0.39, 0.29) is 17.8 Å². The lowest BCUT2D eigenvalue weighted by Gasteiger charge is -2.26. The van der Waals surface area contributed by atoms with Gasteiger partial charge in [-0.15, -0.1) is 0 Å². The van der Waals surface area contributed by atoms with E-state index in [2.05, 4.69) is 15.9 Å². The van der Waals surface area contributed by atoms with Crippen LogP contribution < -0.4 is 0 Å². The number of carbonyl (C=O) groups is 2. The Morgan fingerprint density at radius 2 is 1.94 bits per heavy atom. The topological polar surface area (TPSA) is 46.6 Å². The second kappa shape index (κ2) is 6.55. The van der Waals surface area contributed by atoms with Crippen LogP contribution in [0.1, 0.15) is 40.0 Å². The molecule has 4 nitrogen and oxygen atoms in total. The zero-order valence-electron chi connectivity index (χ0n) is 11.4. The monoisotopic (exact) mass is 319 g/mol. The van der Waals surface area contributed by atoms with Crippen molar-refractivity contribution < 1.29 is 14.3 Å². The Kier molecular flexibility index (Phi) is 5.63. The van der Waals surface area contributed by atoms with E-state index in [1.807, 2.05) is 20.8 Å². The molecule has 0 unspecified atom stereocenters. The van der Waals surface area contributed by atoms with Crippen molar-refractivity contribution in [2.24, 2.45) is 5.92 Å². The normalized spacial score (nSPS) is 21.3. The first-order valence-electron chi connectivity index (χ1n) is 6.40. The van der Waals surface area contributed by atoms with E-state index in [0.717, 1.165) is 19.3 Å². The minimum Gasteiger partial charge on any atom is -0.444 e. The quantitative estimate of drug-likeness (QED) is 0.735. The van der Waals surface area contributed by atoms with Gasteiger partial charge in [-0.25, -0.2) is 4.79 Å². The smallest absolute Gasteiger partial charge is 0.410 e. The molecule has 0 aromatic heterocycles. The minimum atomic E-state index is -0.464. The fourth-order valence-corrected chi connectivity index (χ4v) is 2.49. The van der Waals surface area contributed by atoms with Gasteiger partial charge in [0.25, 0.3) is 0 Å². The van der Waals surface area contributed by atoms with Crippen molar-refractivity contribution in [1.82, 2.24) is 4.90 Å². The second-order valence-electron chi connectivity index (χ2n) is 5.70. The highest BCUT2D eigenvalue weighted by Crippen LogP contribution is 2.20. The van der Waals surface area contributed by atoms with Gasteiger partial charge < -0.3 is 9.64 Å². The van der Waals surface area contributed by atoms with Gasteiger partial charge in [0.2, 0.25) is 0 Å². The predicted molar refractivity (Wildman–Crippen MR) is 73.9 cm³/mol. The fourth-order valence-electron chi connectivity index (χ4n) is 2.04. The lowest BCUT2D eigenvalue weighted by molar-refractivity contribution is -0.120. The van der Waals surface area contributed by atoms with Gasteiger partial charge in [-0.05, 0) is 40.0 Å². The van der Waals surface area contributed by atoms with E-state index >= 15 is 0 Å². The van der Waals surface area contributed by atoms with E-state index in [0.29, 0.717) is 18.4 Å². The Hall–Kier alpha value is -0.580. The van der Waals surface area contributed by atoms with E-state index in [4.69, 9.17) is 4.74 Å². The molecule has 1 fully saturated rings. The third-order valence-corrected chi connectivity index (χ3v) is 3.52. The molecule has 0 aromatic rings. The van der Waals surface area contributed by atoms with Crippen LogP contribution in [0.4, 0.5) is 4.79 Å². The summed E-state index contributed by atoms with van der Waals surface area (Å²) in [7, 11) is 0. The van der Waals surface area contributed by atoms with Gasteiger partial charge in [0.1, 0.15) is 11.4 Å². The zero-order chi connectivity index (χ0) is 13.8. The standard InChI is InChI=1S/C13H22BrNO3/c1-13(2,3)18-12(17)15-7-4-5-10(6-8-15)11(16)9-14/h10H,4-9H2,1-3H3/t10-/m0/s1. The van der Waals surface area contributed by atoms with Crippen LogP contribution >= 0.6 is 15.9 Å². The van der Waals surface area contributed by atoms with Gasteiger partial charge in [0.15, 0.2) is 0 Å². The first-order valence-corrected chi connectivity index (χ1v) is 7.52. The molecule has 1 aliphatic heterocycles. The number of ketones is 1. The number of halogens is 1. The Balaban J connectivity index is 2.51. The number of hydrogen-bond acceptors (Lipinski definition) is 3. The molecule has 1 heterocycles. The zero-order valence-corrected chi connectivity index (χ0v) is 13.0. The average molecular weight is 320 g/mol. The molecule has 0 aromatic carbocycles. The summed E-state index contributed by atoms with van der Waals surface area (Å²) in [4.78, 5) is 25.3. The van der Waals surface area contributed by atoms with Gasteiger partial charge in [-0.2, -0.15) is 0 Å². The summed E-state index contributed by atoms with van der Waals surface area (Å²) < 4.78 is 5.35. The van der Waals surface area contributed by atoms with Crippen molar-refractivity contribution in [3.8, 4) is 0 Å². The van der Waals surface area contributed by atoms with Crippen LogP contribution in [0.25, 0.3) is 0 Å². The first kappa shape index (κ1) is 15.5. The predicted octanol–water partition coefficient (Wildman–Crippen LogP) is 2.99. The van der Waals surface area contributed by atoms with Gasteiger partial charge in [0.05, 0.1) is 5.33 Å². The Labute approximate surface area is 117 Å². The SMILES string of the molecule is CC(C)(C)OC(=O)N1CCC[C@H](C(=O)CBr)CC1. The largest absolute Gasteiger partial charge is 0.444 e. The molecule has 0 radical (unpaired) electrons. The number of rotatable bonds is 2. The van der Waals surface area contributed by atoms with Crippen LogP contribution in [-0.4, -0.2) is 40.8 Å². The molecule has 1 rings (SSSR count). The van der Waals surface area contributed by atoms with Crippen molar-refractivity contribution in [3.05, 3.63) is 0 Å². The highest BCUT2D eigenvalue weighted by Gasteiger charge is 2.27. The maximum Gasteiger partial charge on any atom is 0.410 e. The maximum absolute atomic E-state index is 11.9. The number of amides is 1. The summed E-state index contributed by atoms with van der Waals surface area (Å²) in [6.45, 7) is 6.87. The van der Waals surface area contributed by atoms with Crippen molar-refractivity contribution >= 4 is 27.8 Å². The van der Waals surface area contributed by atoms with Crippen LogP contribution in [0.2, 0.25) is 0 Å². The molecule has 1 aliphatic rings. The van der Waals surface area contributed by atoms with Crippen molar-refractivity contribution in [1.29, 1.82) is 0 Å². The van der Waals surface area contributed by atoms with E-state index in [9.17, 15) is 9.59 Å². The van der Waals surface area contributed by atoms with Crippen molar-refractivity contribution in [2.45, 2.75) is 45.6 Å². The molecular formula is C13H22BrNO3. The number of ether oxygens (including phenoxy) is 1. The van der Waals surface area contributed by atoms with Gasteiger partial charge >= 0.3 is 6.09 Å². The number of nitrogens with zero attached hydrogens (tertiary/aromatic N) is 1. The number of alkyl halides is 1. The third kappa shape index (κ3) is 4.96. The number of carbonyl (C=O) groups excluding carboxylic acids is 2. The highest BCUT2D eigenvalue weighted by atomic mass is 79.9. The third-order valence-electron chi connectivity index (χ3n) is 2.97. The Bertz CT molecular complexity index is 312. The average Bonchev–Trinajstić information content (AvgIpc) is 2.51. The Morgan fingerprint density at radius 3 is 2.50 bits per heavy atom. The molecule has 0 spiro atoms. The number of hydrogen-bond donors (Lipinski definition) is 0. The summed E-state index contributed by atoms with van der Waals surface area (Å²) in [6.07, 6.45) is 2.20. The summed E-state index contributed by atoms with van der Waals surface area (Å²) in [5.41, 5.74) is -0.464.